The molecular weight excluding hydrogens is 170 g/mol. The second-order valence-corrected chi connectivity index (χ2v) is 3.83. The first-order chi connectivity index (χ1) is 5.95. The number of hydrogen-bond acceptors (Lipinski definition) is 2. The van der Waals surface area contributed by atoms with Crippen LogP contribution in [0.5, 0.6) is 0 Å². The van der Waals surface area contributed by atoms with E-state index in [-0.39, 0.29) is 17.9 Å². The lowest BCUT2D eigenvalue weighted by Gasteiger charge is -2.21. The Bertz CT molecular complexity index is 237. The van der Waals surface area contributed by atoms with Crippen molar-refractivity contribution in [3.05, 3.63) is 0 Å². The van der Waals surface area contributed by atoms with E-state index in [4.69, 9.17) is 5.11 Å². The van der Waals surface area contributed by atoms with E-state index in [1.54, 1.807) is 11.9 Å². The summed E-state index contributed by atoms with van der Waals surface area (Å²) in [4.78, 5) is 23.6. The predicted octanol–water partition coefficient (Wildman–Crippen LogP) is 0.574. The number of carboxylic acid groups (broad SMARTS) is 1. The van der Waals surface area contributed by atoms with E-state index >= 15 is 0 Å². The molecule has 13 heavy (non-hydrogen) atoms. The predicted molar refractivity (Wildman–Crippen MR) is 47.1 cm³/mol. The van der Waals surface area contributed by atoms with Crippen molar-refractivity contribution in [1.82, 2.24) is 4.90 Å². The normalized spacial score (nSPS) is 25.8. The molecule has 0 aliphatic heterocycles. The van der Waals surface area contributed by atoms with Crippen LogP contribution in [0.4, 0.5) is 0 Å². The van der Waals surface area contributed by atoms with Gasteiger partial charge < -0.3 is 10.0 Å². The van der Waals surface area contributed by atoms with Gasteiger partial charge in [0.05, 0.1) is 11.8 Å². The zero-order chi connectivity index (χ0) is 10.2. The highest BCUT2D eigenvalue weighted by molar-refractivity contribution is 5.89. The zero-order valence-electron chi connectivity index (χ0n) is 8.15. The molecule has 1 N–H and O–H groups in total. The molecule has 0 aromatic rings. The summed E-state index contributed by atoms with van der Waals surface area (Å²) in [5.74, 6) is -1.60. The minimum atomic E-state index is -0.851. The first-order valence-corrected chi connectivity index (χ1v) is 4.44. The molecular formula is C9H15NO3. The highest BCUT2D eigenvalue weighted by atomic mass is 16.4. The second-order valence-electron chi connectivity index (χ2n) is 3.83. The summed E-state index contributed by atoms with van der Waals surface area (Å²) in [6, 6.07) is 0.141. The van der Waals surface area contributed by atoms with Gasteiger partial charge in [0.15, 0.2) is 0 Å². The Morgan fingerprint density at radius 3 is 2.23 bits per heavy atom. The Kier molecular flexibility index (Phi) is 2.59. The third kappa shape index (κ3) is 1.99. The highest BCUT2D eigenvalue weighted by Gasteiger charge is 2.49. The van der Waals surface area contributed by atoms with Crippen molar-refractivity contribution in [1.29, 1.82) is 0 Å². The number of hydrogen-bond donors (Lipinski definition) is 1. The van der Waals surface area contributed by atoms with Gasteiger partial charge in [-0.1, -0.05) is 0 Å². The summed E-state index contributed by atoms with van der Waals surface area (Å²) in [5, 5.41) is 8.62. The maximum atomic E-state index is 11.5. The van der Waals surface area contributed by atoms with E-state index in [2.05, 4.69) is 0 Å². The van der Waals surface area contributed by atoms with Crippen LogP contribution in [0.3, 0.4) is 0 Å². The van der Waals surface area contributed by atoms with Crippen LogP contribution in [0.1, 0.15) is 20.3 Å². The lowest BCUT2D eigenvalue weighted by atomic mass is 10.2. The molecule has 1 amide bonds. The number of carbonyl (C=O) groups excluding carboxylic acids is 1. The average Bonchev–Trinajstić information content (AvgIpc) is 2.80. The van der Waals surface area contributed by atoms with Gasteiger partial charge in [0.2, 0.25) is 5.91 Å². The zero-order valence-corrected chi connectivity index (χ0v) is 8.15. The summed E-state index contributed by atoms with van der Waals surface area (Å²) >= 11 is 0. The van der Waals surface area contributed by atoms with Crippen molar-refractivity contribution >= 4 is 11.9 Å². The Labute approximate surface area is 77.5 Å². The topological polar surface area (TPSA) is 57.6 Å². The van der Waals surface area contributed by atoms with Crippen LogP contribution in [0.15, 0.2) is 0 Å². The van der Waals surface area contributed by atoms with Crippen molar-refractivity contribution in [2.75, 3.05) is 7.05 Å². The van der Waals surface area contributed by atoms with Gasteiger partial charge in [-0.3, -0.25) is 9.59 Å². The Morgan fingerprint density at radius 1 is 1.38 bits per heavy atom. The number of carbonyl (C=O) groups is 2. The summed E-state index contributed by atoms with van der Waals surface area (Å²) in [5.41, 5.74) is 0. The van der Waals surface area contributed by atoms with Crippen LogP contribution >= 0.6 is 0 Å². The molecule has 0 unspecified atom stereocenters. The Hall–Kier alpha value is -1.06. The molecule has 0 saturated heterocycles. The number of aliphatic carboxylic acids is 1. The highest BCUT2D eigenvalue weighted by Crippen LogP contribution is 2.40. The molecule has 0 heterocycles. The Balaban J connectivity index is 2.48. The van der Waals surface area contributed by atoms with Crippen LogP contribution in [-0.2, 0) is 9.59 Å². The van der Waals surface area contributed by atoms with Crippen LogP contribution in [0.2, 0.25) is 0 Å². The van der Waals surface area contributed by atoms with Gasteiger partial charge >= 0.3 is 5.97 Å². The summed E-state index contributed by atoms with van der Waals surface area (Å²) in [6.45, 7) is 3.83. The fraction of sp³-hybridized carbons (Fsp3) is 0.778. The van der Waals surface area contributed by atoms with Crippen LogP contribution < -0.4 is 0 Å². The maximum Gasteiger partial charge on any atom is 0.307 e. The van der Waals surface area contributed by atoms with Gasteiger partial charge in [-0.15, -0.1) is 0 Å². The molecule has 4 nitrogen and oxygen atoms in total. The number of carboxylic acids is 1. The van der Waals surface area contributed by atoms with Gasteiger partial charge in [0.25, 0.3) is 0 Å². The van der Waals surface area contributed by atoms with Gasteiger partial charge in [-0.25, -0.2) is 0 Å². The third-order valence-corrected chi connectivity index (χ3v) is 2.55. The number of rotatable bonds is 3. The number of amides is 1. The molecule has 0 bridgehead atoms. The van der Waals surface area contributed by atoms with E-state index < -0.39 is 11.9 Å². The Morgan fingerprint density at radius 2 is 1.92 bits per heavy atom. The summed E-state index contributed by atoms with van der Waals surface area (Å²) < 4.78 is 0. The van der Waals surface area contributed by atoms with Crippen molar-refractivity contribution in [2.45, 2.75) is 26.3 Å². The molecule has 0 radical (unpaired) electrons. The molecule has 2 atom stereocenters. The van der Waals surface area contributed by atoms with E-state index in [0.29, 0.717) is 6.42 Å². The van der Waals surface area contributed by atoms with Crippen molar-refractivity contribution in [2.24, 2.45) is 11.8 Å². The maximum absolute atomic E-state index is 11.5. The van der Waals surface area contributed by atoms with Crippen LogP contribution in [0, 0.1) is 11.8 Å². The largest absolute Gasteiger partial charge is 0.481 e. The first-order valence-electron chi connectivity index (χ1n) is 4.44. The minimum absolute atomic E-state index is 0.0394. The molecule has 1 fully saturated rings. The molecule has 1 rings (SSSR count). The van der Waals surface area contributed by atoms with E-state index in [1.807, 2.05) is 13.8 Å². The van der Waals surface area contributed by atoms with E-state index in [0.717, 1.165) is 0 Å². The van der Waals surface area contributed by atoms with Crippen LogP contribution in [0.25, 0.3) is 0 Å². The second kappa shape index (κ2) is 3.36. The fourth-order valence-electron chi connectivity index (χ4n) is 1.26. The molecule has 1 saturated carbocycles. The van der Waals surface area contributed by atoms with Crippen molar-refractivity contribution in [3.63, 3.8) is 0 Å². The van der Waals surface area contributed by atoms with Crippen molar-refractivity contribution in [3.8, 4) is 0 Å². The first kappa shape index (κ1) is 10.0. The monoisotopic (exact) mass is 185 g/mol. The molecule has 0 aromatic carbocycles. The molecule has 0 aromatic heterocycles. The molecule has 0 spiro atoms. The van der Waals surface area contributed by atoms with Crippen molar-refractivity contribution < 1.29 is 14.7 Å². The molecule has 1 aliphatic rings. The smallest absolute Gasteiger partial charge is 0.307 e. The lowest BCUT2D eigenvalue weighted by molar-refractivity contribution is -0.142. The van der Waals surface area contributed by atoms with Gasteiger partial charge in [0.1, 0.15) is 0 Å². The van der Waals surface area contributed by atoms with E-state index in [9.17, 15) is 9.59 Å². The average molecular weight is 185 g/mol. The third-order valence-electron chi connectivity index (χ3n) is 2.55. The number of nitrogens with zero attached hydrogens (tertiary/aromatic N) is 1. The minimum Gasteiger partial charge on any atom is -0.481 e. The molecule has 4 heteroatoms. The van der Waals surface area contributed by atoms with Gasteiger partial charge in [-0.2, -0.15) is 0 Å². The van der Waals surface area contributed by atoms with Crippen LogP contribution in [-0.4, -0.2) is 35.0 Å². The lowest BCUT2D eigenvalue weighted by Crippen LogP contribution is -2.34. The molecule has 1 aliphatic carbocycles. The fourth-order valence-corrected chi connectivity index (χ4v) is 1.26. The summed E-state index contributed by atoms with van der Waals surface area (Å²) in [7, 11) is 1.71. The quantitative estimate of drug-likeness (QED) is 0.699. The van der Waals surface area contributed by atoms with Gasteiger partial charge in [-0.05, 0) is 20.3 Å². The van der Waals surface area contributed by atoms with E-state index in [1.165, 1.54) is 0 Å². The van der Waals surface area contributed by atoms with Gasteiger partial charge in [0, 0.05) is 13.1 Å². The standard InChI is InChI=1S/C9H15NO3/c1-5(2)10(3)8(11)6-4-7(6)9(12)13/h5-7H,4H2,1-3H3,(H,12,13)/t6-,7+/m1/s1. The SMILES string of the molecule is CC(C)N(C)C(=O)[C@@H]1C[C@@H]1C(=O)O. The molecule has 74 valence electrons. The summed E-state index contributed by atoms with van der Waals surface area (Å²) in [6.07, 6.45) is 0.505.